The summed E-state index contributed by atoms with van der Waals surface area (Å²) in [4.78, 5) is 28.4. The second-order valence-corrected chi connectivity index (χ2v) is 9.53. The van der Waals surface area contributed by atoms with E-state index < -0.39 is 5.97 Å². The molecular formula is C29H35Cl2N5O4. The summed E-state index contributed by atoms with van der Waals surface area (Å²) in [5, 5.41) is 26.3. The van der Waals surface area contributed by atoms with E-state index in [2.05, 4.69) is 0 Å². The van der Waals surface area contributed by atoms with E-state index >= 15 is 0 Å². The van der Waals surface area contributed by atoms with Gasteiger partial charge in [-0.2, -0.15) is 0 Å². The van der Waals surface area contributed by atoms with Crippen molar-refractivity contribution in [3.05, 3.63) is 71.8 Å². The quantitative estimate of drug-likeness (QED) is 0.197. The predicted octanol–water partition coefficient (Wildman–Crippen LogP) is 5.32. The Bertz CT molecular complexity index is 1360. The molecule has 0 aliphatic carbocycles. The Morgan fingerprint density at radius 2 is 1.57 bits per heavy atom. The highest BCUT2D eigenvalue weighted by Crippen LogP contribution is 2.26. The second kappa shape index (κ2) is 14.5. The van der Waals surface area contributed by atoms with E-state index in [1.54, 1.807) is 36.1 Å². The lowest BCUT2D eigenvalue weighted by Crippen LogP contribution is -2.40. The minimum absolute atomic E-state index is 0. The maximum Gasteiger partial charge on any atom is 0.303 e. The van der Waals surface area contributed by atoms with Crippen molar-refractivity contribution in [2.75, 3.05) is 24.5 Å². The van der Waals surface area contributed by atoms with Gasteiger partial charge in [0.1, 0.15) is 17.7 Å². The SMILES string of the molecule is CC(=N)N1CCC(Oc2ccc(N(CCCC(=O)O)C(=O)c3ccc4ccc(C(=N)N)cc4c3)cc2)CC1.Cl.Cl. The maximum absolute atomic E-state index is 13.6. The van der Waals surface area contributed by atoms with Crippen LogP contribution in [-0.2, 0) is 4.79 Å². The highest BCUT2D eigenvalue weighted by Gasteiger charge is 2.22. The normalized spacial score (nSPS) is 13.1. The van der Waals surface area contributed by atoms with Crippen molar-refractivity contribution >= 4 is 64.8 Å². The van der Waals surface area contributed by atoms with E-state index in [4.69, 9.17) is 26.4 Å². The minimum Gasteiger partial charge on any atom is -0.490 e. The van der Waals surface area contributed by atoms with Gasteiger partial charge in [-0.25, -0.2) is 0 Å². The van der Waals surface area contributed by atoms with Crippen molar-refractivity contribution in [3.63, 3.8) is 0 Å². The third-order valence-electron chi connectivity index (χ3n) is 6.78. The summed E-state index contributed by atoms with van der Waals surface area (Å²) in [7, 11) is 0. The van der Waals surface area contributed by atoms with E-state index in [0.29, 0.717) is 34.8 Å². The first-order chi connectivity index (χ1) is 18.2. The van der Waals surface area contributed by atoms with Crippen molar-refractivity contribution in [1.29, 1.82) is 10.8 Å². The smallest absolute Gasteiger partial charge is 0.303 e. The van der Waals surface area contributed by atoms with Crippen molar-refractivity contribution in [3.8, 4) is 5.75 Å². The van der Waals surface area contributed by atoms with Gasteiger partial charge in [0.25, 0.3) is 5.91 Å². The van der Waals surface area contributed by atoms with Crippen molar-refractivity contribution in [2.45, 2.75) is 38.7 Å². The van der Waals surface area contributed by atoms with Gasteiger partial charge in [0.2, 0.25) is 0 Å². The van der Waals surface area contributed by atoms with Gasteiger partial charge < -0.3 is 25.4 Å². The van der Waals surface area contributed by atoms with Crippen LogP contribution in [0, 0.1) is 10.8 Å². The number of hydrogen-bond acceptors (Lipinski definition) is 5. The van der Waals surface area contributed by atoms with Gasteiger partial charge in [0.15, 0.2) is 0 Å². The van der Waals surface area contributed by atoms with Crippen LogP contribution in [0.5, 0.6) is 5.75 Å². The molecule has 3 aromatic rings. The third kappa shape index (κ3) is 8.09. The number of amides is 1. The largest absolute Gasteiger partial charge is 0.490 e. The number of carbonyl (C=O) groups excluding carboxylic acids is 1. The van der Waals surface area contributed by atoms with Crippen molar-refractivity contribution < 1.29 is 19.4 Å². The number of nitrogens with zero attached hydrogens (tertiary/aromatic N) is 2. The summed E-state index contributed by atoms with van der Waals surface area (Å²) in [6, 6.07) is 18.1. The topological polar surface area (TPSA) is 144 Å². The molecule has 5 N–H and O–H groups in total. The molecule has 0 saturated carbocycles. The number of piperidine rings is 1. The molecule has 0 aromatic heterocycles. The molecule has 1 saturated heterocycles. The molecule has 0 atom stereocenters. The van der Waals surface area contributed by atoms with E-state index in [-0.39, 0.29) is 55.6 Å². The van der Waals surface area contributed by atoms with Gasteiger partial charge in [0, 0.05) is 55.7 Å². The highest BCUT2D eigenvalue weighted by atomic mass is 35.5. The minimum atomic E-state index is -0.909. The molecule has 40 heavy (non-hydrogen) atoms. The molecule has 0 radical (unpaired) electrons. The van der Waals surface area contributed by atoms with Crippen LogP contribution in [0.4, 0.5) is 5.69 Å². The van der Waals surface area contributed by atoms with Crippen molar-refractivity contribution in [1.82, 2.24) is 4.90 Å². The van der Waals surface area contributed by atoms with Gasteiger partial charge in [-0.15, -0.1) is 24.8 Å². The van der Waals surface area contributed by atoms with E-state index in [9.17, 15) is 9.59 Å². The molecule has 11 heteroatoms. The first-order valence-corrected chi connectivity index (χ1v) is 12.7. The zero-order valence-corrected chi connectivity index (χ0v) is 23.9. The van der Waals surface area contributed by atoms with Gasteiger partial charge in [-0.05, 0) is 66.6 Å². The summed E-state index contributed by atoms with van der Waals surface area (Å²) in [6.45, 7) is 3.64. The Hall–Kier alpha value is -3.82. The Morgan fingerprint density at radius 1 is 0.975 bits per heavy atom. The van der Waals surface area contributed by atoms with Crippen LogP contribution in [0.1, 0.15) is 48.5 Å². The lowest BCUT2D eigenvalue weighted by molar-refractivity contribution is -0.137. The molecule has 0 bridgehead atoms. The third-order valence-corrected chi connectivity index (χ3v) is 6.78. The zero-order valence-electron chi connectivity index (χ0n) is 22.3. The number of carboxylic acid groups (broad SMARTS) is 1. The number of likely N-dealkylation sites (tertiary alicyclic amines) is 1. The molecule has 9 nitrogen and oxygen atoms in total. The lowest BCUT2D eigenvalue weighted by atomic mass is 10.0. The van der Waals surface area contributed by atoms with Crippen LogP contribution in [-0.4, -0.2) is 59.3 Å². The number of aliphatic carboxylic acids is 1. The zero-order chi connectivity index (χ0) is 27.2. The number of nitrogens with one attached hydrogen (secondary N) is 2. The average Bonchev–Trinajstić information content (AvgIpc) is 2.91. The molecule has 3 aromatic carbocycles. The summed E-state index contributed by atoms with van der Waals surface area (Å²) in [5.41, 5.74) is 7.33. The Morgan fingerprint density at radius 3 is 2.15 bits per heavy atom. The van der Waals surface area contributed by atoms with E-state index in [1.165, 1.54) is 0 Å². The average molecular weight is 589 g/mol. The first-order valence-electron chi connectivity index (χ1n) is 12.7. The first kappa shape index (κ1) is 32.4. The molecular weight excluding hydrogens is 553 g/mol. The number of nitrogen functional groups attached to an aromatic ring is 1. The van der Waals surface area contributed by atoms with Crippen LogP contribution in [0.2, 0.25) is 0 Å². The molecule has 214 valence electrons. The van der Waals surface area contributed by atoms with Crippen molar-refractivity contribution in [2.24, 2.45) is 5.73 Å². The number of fused-ring (bicyclic) bond motifs is 1. The number of amidine groups is 2. The number of rotatable bonds is 9. The number of ether oxygens (including phenoxy) is 1. The predicted molar refractivity (Wildman–Crippen MR) is 163 cm³/mol. The fraction of sp³-hybridized carbons (Fsp3) is 0.310. The molecule has 1 amide bonds. The molecule has 0 unspecified atom stereocenters. The Balaban J connectivity index is 0.00000280. The Labute approximate surface area is 246 Å². The highest BCUT2D eigenvalue weighted by molar-refractivity contribution is 6.08. The number of halogens is 2. The van der Waals surface area contributed by atoms with E-state index in [1.807, 2.05) is 41.3 Å². The molecule has 0 spiro atoms. The number of carboxylic acids is 1. The maximum atomic E-state index is 13.6. The van der Waals surface area contributed by atoms with Gasteiger partial charge in [-0.1, -0.05) is 18.2 Å². The fourth-order valence-electron chi connectivity index (χ4n) is 4.65. The summed E-state index contributed by atoms with van der Waals surface area (Å²) in [5.74, 6) is 0.0865. The van der Waals surface area contributed by atoms with Gasteiger partial charge >= 0.3 is 5.97 Å². The number of nitrogens with two attached hydrogens (primary N) is 1. The molecule has 1 aliphatic heterocycles. The fourth-order valence-corrected chi connectivity index (χ4v) is 4.65. The summed E-state index contributed by atoms with van der Waals surface area (Å²) < 4.78 is 6.15. The lowest BCUT2D eigenvalue weighted by Gasteiger charge is -2.33. The van der Waals surface area contributed by atoms with Crippen LogP contribution in [0.25, 0.3) is 10.8 Å². The number of carbonyl (C=O) groups is 2. The summed E-state index contributed by atoms with van der Waals surface area (Å²) in [6.07, 6.45) is 2.02. The monoisotopic (exact) mass is 587 g/mol. The van der Waals surface area contributed by atoms with Gasteiger partial charge in [-0.3, -0.25) is 20.4 Å². The van der Waals surface area contributed by atoms with Crippen LogP contribution >= 0.6 is 24.8 Å². The summed E-state index contributed by atoms with van der Waals surface area (Å²) >= 11 is 0. The standard InChI is InChI=1S/C29H33N5O4.2ClH/c1-19(30)33-15-12-26(13-16-33)38-25-10-8-24(9-11-25)34(14-2-3-27(35)36)29(37)22-7-5-20-4-6-21(28(31)32)17-23(20)18-22;;/h4-11,17-18,26,30H,2-3,12-16H2,1H3,(H3,31,32)(H,35,36);2*1H. The number of benzene rings is 3. The van der Waals surface area contributed by atoms with Crippen LogP contribution in [0.3, 0.4) is 0 Å². The number of anilines is 1. The Kier molecular flexibility index (Phi) is 11.8. The second-order valence-electron chi connectivity index (χ2n) is 9.53. The van der Waals surface area contributed by atoms with E-state index in [0.717, 1.165) is 36.7 Å². The van der Waals surface area contributed by atoms with Crippen LogP contribution in [0.15, 0.2) is 60.7 Å². The molecule has 1 aliphatic rings. The molecule has 1 heterocycles. The van der Waals surface area contributed by atoms with Gasteiger partial charge in [0.05, 0.1) is 5.84 Å². The molecule has 4 rings (SSSR count). The number of hydrogen-bond donors (Lipinski definition) is 4. The van der Waals surface area contributed by atoms with Crippen LogP contribution < -0.4 is 15.4 Å². The molecule has 1 fully saturated rings.